The van der Waals surface area contributed by atoms with E-state index in [0.717, 1.165) is 0 Å². The fourth-order valence-electron chi connectivity index (χ4n) is 4.12. The first-order chi connectivity index (χ1) is 8.49. The molecule has 0 heterocycles. The first-order valence-electron chi connectivity index (χ1n) is 6.77. The van der Waals surface area contributed by atoms with Crippen LogP contribution in [-0.2, 0) is 9.59 Å². The fourth-order valence-corrected chi connectivity index (χ4v) is 4.12. The van der Waals surface area contributed by atoms with Crippen molar-refractivity contribution in [1.82, 2.24) is 0 Å². The second kappa shape index (κ2) is 3.01. The van der Waals surface area contributed by atoms with Gasteiger partial charge in [0.15, 0.2) is 11.6 Å². The molecular formula is C15H20O4. The Morgan fingerprint density at radius 1 is 0.895 bits per heavy atom. The second-order valence-electron chi connectivity index (χ2n) is 7.30. The molecule has 3 aliphatic rings. The van der Waals surface area contributed by atoms with Gasteiger partial charge in [-0.05, 0) is 33.1 Å². The molecule has 104 valence electrons. The molecule has 19 heavy (non-hydrogen) atoms. The standard InChI is InChI=1S/C15H20O4/c1-12(2)7-8-9(11(12)17)13(3,18)15(5-6-15)14(4,19)10(8)16/h18-19H,5-7H2,1-4H3/t13-,14-/m0/s1. The zero-order valence-electron chi connectivity index (χ0n) is 11.8. The van der Waals surface area contributed by atoms with Crippen molar-refractivity contribution in [1.29, 1.82) is 0 Å². The van der Waals surface area contributed by atoms with Crippen molar-refractivity contribution in [2.24, 2.45) is 10.8 Å². The molecule has 3 rings (SSSR count). The summed E-state index contributed by atoms with van der Waals surface area (Å²) in [5, 5.41) is 21.5. The Morgan fingerprint density at radius 3 is 1.89 bits per heavy atom. The number of carbonyl (C=O) groups is 2. The highest BCUT2D eigenvalue weighted by molar-refractivity contribution is 6.17. The third kappa shape index (κ3) is 1.18. The smallest absolute Gasteiger partial charge is 0.191 e. The van der Waals surface area contributed by atoms with E-state index in [1.165, 1.54) is 6.92 Å². The van der Waals surface area contributed by atoms with Crippen LogP contribution < -0.4 is 0 Å². The monoisotopic (exact) mass is 264 g/mol. The van der Waals surface area contributed by atoms with Crippen LogP contribution in [-0.4, -0.2) is 33.0 Å². The first-order valence-corrected chi connectivity index (χ1v) is 6.77. The summed E-state index contributed by atoms with van der Waals surface area (Å²) in [6, 6.07) is 0. The molecule has 4 nitrogen and oxygen atoms in total. The first kappa shape index (κ1) is 13.0. The molecule has 1 spiro atoms. The van der Waals surface area contributed by atoms with Gasteiger partial charge in [-0.1, -0.05) is 13.8 Å². The van der Waals surface area contributed by atoms with E-state index in [1.54, 1.807) is 20.8 Å². The molecule has 1 fully saturated rings. The maximum absolute atomic E-state index is 12.5. The van der Waals surface area contributed by atoms with Crippen LogP contribution in [0.2, 0.25) is 0 Å². The summed E-state index contributed by atoms with van der Waals surface area (Å²) >= 11 is 0. The Labute approximate surface area is 112 Å². The number of aliphatic hydroxyl groups is 2. The molecule has 0 amide bonds. The summed E-state index contributed by atoms with van der Waals surface area (Å²) in [6.07, 6.45) is 1.45. The maximum Gasteiger partial charge on any atom is 0.191 e. The fraction of sp³-hybridized carbons (Fsp3) is 0.733. The summed E-state index contributed by atoms with van der Waals surface area (Å²) in [4.78, 5) is 25.0. The lowest BCUT2D eigenvalue weighted by Gasteiger charge is -2.46. The molecule has 0 aromatic rings. The summed E-state index contributed by atoms with van der Waals surface area (Å²) in [7, 11) is 0. The van der Waals surface area contributed by atoms with E-state index in [1.807, 2.05) is 0 Å². The third-order valence-corrected chi connectivity index (χ3v) is 5.58. The predicted octanol–water partition coefficient (Wildman–Crippen LogP) is 1.15. The van der Waals surface area contributed by atoms with Crippen molar-refractivity contribution in [2.45, 2.75) is 58.2 Å². The Balaban J connectivity index is 2.27. The molecule has 4 heteroatoms. The zero-order valence-corrected chi connectivity index (χ0v) is 11.8. The molecule has 3 aliphatic carbocycles. The van der Waals surface area contributed by atoms with E-state index in [2.05, 4.69) is 0 Å². The summed E-state index contributed by atoms with van der Waals surface area (Å²) in [5.74, 6) is -0.520. The molecule has 0 aromatic heterocycles. The number of hydrogen-bond acceptors (Lipinski definition) is 4. The quantitative estimate of drug-likeness (QED) is 0.688. The van der Waals surface area contributed by atoms with Gasteiger partial charge in [0.05, 0.1) is 5.60 Å². The largest absolute Gasteiger partial charge is 0.385 e. The lowest BCUT2D eigenvalue weighted by atomic mass is 9.62. The van der Waals surface area contributed by atoms with Gasteiger partial charge in [-0.3, -0.25) is 9.59 Å². The Hall–Kier alpha value is -1.00. The van der Waals surface area contributed by atoms with Crippen molar-refractivity contribution in [2.75, 3.05) is 0 Å². The molecule has 0 saturated heterocycles. The van der Waals surface area contributed by atoms with E-state index < -0.39 is 22.0 Å². The number of carbonyl (C=O) groups excluding carboxylic acids is 2. The minimum Gasteiger partial charge on any atom is -0.385 e. The van der Waals surface area contributed by atoms with Crippen LogP contribution in [0.15, 0.2) is 11.1 Å². The maximum atomic E-state index is 12.5. The molecule has 2 atom stereocenters. The SMILES string of the molecule is CC1(C)CC2=C(C1=O)[C@](C)(O)C1(CC1)[C@@](C)(O)C2=O. The molecular weight excluding hydrogens is 244 g/mol. The van der Waals surface area contributed by atoms with Crippen LogP contribution in [0.4, 0.5) is 0 Å². The van der Waals surface area contributed by atoms with Gasteiger partial charge in [-0.15, -0.1) is 0 Å². The lowest BCUT2D eigenvalue weighted by Crippen LogP contribution is -2.60. The van der Waals surface area contributed by atoms with E-state index in [-0.39, 0.29) is 17.1 Å². The highest BCUT2D eigenvalue weighted by atomic mass is 16.3. The number of Topliss-reactive ketones (excluding diaryl/α,β-unsaturated/α-hetero) is 2. The number of ketones is 2. The Kier molecular flexibility index (Phi) is 2.06. The van der Waals surface area contributed by atoms with Crippen LogP contribution >= 0.6 is 0 Å². The van der Waals surface area contributed by atoms with Crippen molar-refractivity contribution in [3.05, 3.63) is 11.1 Å². The van der Waals surface area contributed by atoms with Crippen LogP contribution in [0.25, 0.3) is 0 Å². The highest BCUT2D eigenvalue weighted by Crippen LogP contribution is 2.68. The summed E-state index contributed by atoms with van der Waals surface area (Å²) in [6.45, 7) is 6.63. The average Bonchev–Trinajstić information content (AvgIpc) is 3.02. The van der Waals surface area contributed by atoms with Gasteiger partial charge in [0.2, 0.25) is 0 Å². The number of hydrogen-bond donors (Lipinski definition) is 2. The van der Waals surface area contributed by atoms with Crippen molar-refractivity contribution in [3.63, 3.8) is 0 Å². The van der Waals surface area contributed by atoms with Gasteiger partial charge in [0.1, 0.15) is 5.60 Å². The van der Waals surface area contributed by atoms with E-state index in [0.29, 0.717) is 24.8 Å². The summed E-state index contributed by atoms with van der Waals surface area (Å²) < 4.78 is 0. The van der Waals surface area contributed by atoms with Crippen molar-refractivity contribution >= 4 is 11.6 Å². The number of rotatable bonds is 0. The van der Waals surface area contributed by atoms with E-state index in [9.17, 15) is 19.8 Å². The molecule has 0 unspecified atom stereocenters. The lowest BCUT2D eigenvalue weighted by molar-refractivity contribution is -0.159. The van der Waals surface area contributed by atoms with E-state index >= 15 is 0 Å². The van der Waals surface area contributed by atoms with E-state index in [4.69, 9.17) is 0 Å². The topological polar surface area (TPSA) is 74.6 Å². The third-order valence-electron chi connectivity index (χ3n) is 5.58. The Bertz CT molecular complexity index is 544. The minimum absolute atomic E-state index is 0.150. The van der Waals surface area contributed by atoms with Gasteiger partial charge in [-0.2, -0.15) is 0 Å². The van der Waals surface area contributed by atoms with Gasteiger partial charge in [0, 0.05) is 22.0 Å². The molecule has 1 saturated carbocycles. The van der Waals surface area contributed by atoms with Crippen LogP contribution in [0, 0.1) is 10.8 Å². The molecule has 0 aromatic carbocycles. The van der Waals surface area contributed by atoms with Gasteiger partial charge >= 0.3 is 0 Å². The van der Waals surface area contributed by atoms with Crippen molar-refractivity contribution < 1.29 is 19.8 Å². The van der Waals surface area contributed by atoms with Crippen molar-refractivity contribution in [3.8, 4) is 0 Å². The molecule has 0 aliphatic heterocycles. The summed E-state index contributed by atoms with van der Waals surface area (Å²) in [5.41, 5.74) is -3.94. The normalized spacial score (nSPS) is 42.8. The second-order valence-corrected chi connectivity index (χ2v) is 7.30. The minimum atomic E-state index is -1.57. The average molecular weight is 264 g/mol. The molecule has 0 bridgehead atoms. The highest BCUT2D eigenvalue weighted by Gasteiger charge is 2.74. The zero-order chi connectivity index (χ0) is 14.4. The van der Waals surface area contributed by atoms with Crippen LogP contribution in [0.3, 0.4) is 0 Å². The predicted molar refractivity (Wildman–Crippen MR) is 68.4 cm³/mol. The van der Waals surface area contributed by atoms with Gasteiger partial charge < -0.3 is 10.2 Å². The van der Waals surface area contributed by atoms with Gasteiger partial charge in [0.25, 0.3) is 0 Å². The molecule has 2 N–H and O–H groups in total. The van der Waals surface area contributed by atoms with Gasteiger partial charge in [-0.25, -0.2) is 0 Å². The Morgan fingerprint density at radius 2 is 1.42 bits per heavy atom. The van der Waals surface area contributed by atoms with Crippen LogP contribution in [0.1, 0.15) is 47.0 Å². The van der Waals surface area contributed by atoms with Crippen LogP contribution in [0.5, 0.6) is 0 Å². The molecule has 0 radical (unpaired) electrons.